The van der Waals surface area contributed by atoms with Crippen LogP contribution in [0.2, 0.25) is 0 Å². The molecule has 154 valence electrons. The molecule has 5 atom stereocenters. The van der Waals surface area contributed by atoms with Gasteiger partial charge in [0, 0.05) is 0 Å². The van der Waals surface area contributed by atoms with Crippen molar-refractivity contribution in [2.75, 3.05) is 0 Å². The van der Waals surface area contributed by atoms with E-state index < -0.39 is 11.8 Å². The van der Waals surface area contributed by atoms with Gasteiger partial charge in [-0.15, -0.1) is 0 Å². The van der Waals surface area contributed by atoms with Crippen molar-refractivity contribution in [2.45, 2.75) is 52.2 Å². The van der Waals surface area contributed by atoms with Crippen LogP contribution in [0, 0.1) is 17.8 Å². The van der Waals surface area contributed by atoms with Gasteiger partial charge in [-0.05, 0) is 43.7 Å². The monoisotopic (exact) mass is 394 g/mol. The molecule has 1 fully saturated rings. The van der Waals surface area contributed by atoms with Crippen LogP contribution in [-0.2, 0) is 19.1 Å². The summed E-state index contributed by atoms with van der Waals surface area (Å²) >= 11 is 0. The van der Waals surface area contributed by atoms with E-state index in [1.54, 1.807) is 0 Å². The fraction of sp³-hybridized carbons (Fsp3) is 0.440. The van der Waals surface area contributed by atoms with Crippen LogP contribution in [0.15, 0.2) is 60.7 Å². The molecule has 1 saturated carbocycles. The molecule has 0 radical (unpaired) electrons. The van der Waals surface area contributed by atoms with E-state index in [0.29, 0.717) is 6.42 Å². The fourth-order valence-corrected chi connectivity index (χ4v) is 4.18. The second-order valence-corrected chi connectivity index (χ2v) is 8.02. The zero-order valence-electron chi connectivity index (χ0n) is 17.4. The summed E-state index contributed by atoms with van der Waals surface area (Å²) in [5.41, 5.74) is 1.89. The summed E-state index contributed by atoms with van der Waals surface area (Å²) in [5, 5.41) is 0. The van der Waals surface area contributed by atoms with E-state index in [1.807, 2.05) is 81.4 Å². The highest BCUT2D eigenvalue weighted by molar-refractivity contribution is 5.83. The van der Waals surface area contributed by atoms with Gasteiger partial charge < -0.3 is 9.47 Å². The van der Waals surface area contributed by atoms with Crippen molar-refractivity contribution in [3.63, 3.8) is 0 Å². The summed E-state index contributed by atoms with van der Waals surface area (Å²) in [6.45, 7) is 5.76. The predicted molar refractivity (Wildman–Crippen MR) is 112 cm³/mol. The molecule has 1 aliphatic rings. The van der Waals surface area contributed by atoms with Crippen molar-refractivity contribution >= 4 is 11.9 Å². The Balaban J connectivity index is 1.69. The van der Waals surface area contributed by atoms with Crippen LogP contribution in [0.4, 0.5) is 0 Å². The summed E-state index contributed by atoms with van der Waals surface area (Å²) in [5.74, 6) is -1.44. The third kappa shape index (κ3) is 5.26. The van der Waals surface area contributed by atoms with Gasteiger partial charge in [0.15, 0.2) is 0 Å². The molecule has 0 spiro atoms. The Morgan fingerprint density at radius 3 is 1.79 bits per heavy atom. The van der Waals surface area contributed by atoms with Crippen LogP contribution in [0.25, 0.3) is 0 Å². The van der Waals surface area contributed by atoms with E-state index in [2.05, 4.69) is 0 Å². The number of ether oxygens (including phenoxy) is 2. The zero-order chi connectivity index (χ0) is 20.8. The maximum absolute atomic E-state index is 13.0. The lowest BCUT2D eigenvalue weighted by Crippen LogP contribution is -2.40. The van der Waals surface area contributed by atoms with Crippen LogP contribution in [0.3, 0.4) is 0 Å². The van der Waals surface area contributed by atoms with Gasteiger partial charge in [-0.1, -0.05) is 74.0 Å². The molecule has 0 saturated heterocycles. The quantitative estimate of drug-likeness (QED) is 0.594. The summed E-state index contributed by atoms with van der Waals surface area (Å²) in [6, 6.07) is 19.3. The average Bonchev–Trinajstić information content (AvgIpc) is 2.74. The predicted octanol–water partition coefficient (Wildman–Crippen LogP) is 5.65. The first kappa shape index (κ1) is 21.1. The number of hydrogen-bond donors (Lipinski definition) is 0. The Morgan fingerprint density at radius 2 is 1.28 bits per heavy atom. The number of benzene rings is 2. The van der Waals surface area contributed by atoms with Gasteiger partial charge >= 0.3 is 11.9 Å². The highest BCUT2D eigenvalue weighted by Crippen LogP contribution is 2.38. The standard InChI is InChI=1S/C25H30O4/c1-17-11-10-16-22(24(26)28-18(2)20-12-6-4-7-13-20)23(17)25(27)29-19(3)21-14-8-5-9-15-21/h4-9,12-15,17-19,22-23H,10-11,16H2,1-3H3. The van der Waals surface area contributed by atoms with Crippen LogP contribution in [0.5, 0.6) is 0 Å². The first-order valence-electron chi connectivity index (χ1n) is 10.5. The molecule has 0 N–H and O–H groups in total. The largest absolute Gasteiger partial charge is 0.458 e. The lowest BCUT2D eigenvalue weighted by Gasteiger charge is -2.34. The molecule has 1 aliphatic carbocycles. The molecule has 4 nitrogen and oxygen atoms in total. The van der Waals surface area contributed by atoms with Gasteiger partial charge in [0.05, 0.1) is 11.8 Å². The number of hydrogen-bond acceptors (Lipinski definition) is 4. The normalized spacial score (nSPS) is 23.6. The Morgan fingerprint density at radius 1 is 0.793 bits per heavy atom. The first-order valence-corrected chi connectivity index (χ1v) is 10.5. The minimum atomic E-state index is -0.467. The van der Waals surface area contributed by atoms with E-state index >= 15 is 0 Å². The van der Waals surface area contributed by atoms with Crippen LogP contribution in [0.1, 0.15) is 63.4 Å². The van der Waals surface area contributed by atoms with E-state index in [-0.39, 0.29) is 30.1 Å². The second kappa shape index (κ2) is 9.73. The number of carbonyl (C=O) groups is 2. The van der Waals surface area contributed by atoms with E-state index in [1.165, 1.54) is 0 Å². The molecule has 0 heterocycles. The lowest BCUT2D eigenvalue weighted by molar-refractivity contribution is -0.170. The van der Waals surface area contributed by atoms with E-state index in [9.17, 15) is 9.59 Å². The van der Waals surface area contributed by atoms with Crippen molar-refractivity contribution < 1.29 is 19.1 Å². The molecule has 0 amide bonds. The molecular formula is C25H30O4. The smallest absolute Gasteiger partial charge is 0.310 e. The average molecular weight is 395 g/mol. The van der Waals surface area contributed by atoms with Crippen molar-refractivity contribution in [1.82, 2.24) is 0 Å². The molecule has 3 rings (SSSR count). The Hall–Kier alpha value is -2.62. The van der Waals surface area contributed by atoms with E-state index in [4.69, 9.17) is 9.47 Å². The first-order chi connectivity index (χ1) is 14.0. The van der Waals surface area contributed by atoms with Gasteiger partial charge in [-0.2, -0.15) is 0 Å². The van der Waals surface area contributed by atoms with Crippen molar-refractivity contribution in [3.05, 3.63) is 71.8 Å². The second-order valence-electron chi connectivity index (χ2n) is 8.02. The molecular weight excluding hydrogens is 364 g/mol. The molecule has 4 heteroatoms. The topological polar surface area (TPSA) is 52.6 Å². The van der Waals surface area contributed by atoms with Crippen LogP contribution >= 0.6 is 0 Å². The highest BCUT2D eigenvalue weighted by Gasteiger charge is 2.43. The maximum Gasteiger partial charge on any atom is 0.310 e. The Labute approximate surface area is 173 Å². The van der Waals surface area contributed by atoms with Gasteiger partial charge in [-0.3, -0.25) is 9.59 Å². The van der Waals surface area contributed by atoms with Crippen molar-refractivity contribution in [2.24, 2.45) is 17.8 Å². The highest BCUT2D eigenvalue weighted by atomic mass is 16.6. The molecule has 2 aromatic rings. The molecule has 0 aliphatic heterocycles. The zero-order valence-corrected chi connectivity index (χ0v) is 17.4. The minimum absolute atomic E-state index is 0.0869. The molecule has 0 bridgehead atoms. The number of esters is 2. The minimum Gasteiger partial charge on any atom is -0.458 e. The Bertz CT molecular complexity index is 802. The summed E-state index contributed by atoms with van der Waals surface area (Å²) in [6.07, 6.45) is 1.79. The van der Waals surface area contributed by atoms with Gasteiger partial charge in [0.25, 0.3) is 0 Å². The van der Waals surface area contributed by atoms with Gasteiger partial charge in [-0.25, -0.2) is 0 Å². The maximum atomic E-state index is 13.0. The molecule has 0 aromatic heterocycles. The lowest BCUT2D eigenvalue weighted by atomic mass is 9.72. The Kier molecular flexibility index (Phi) is 7.08. The summed E-state index contributed by atoms with van der Waals surface area (Å²) in [7, 11) is 0. The third-order valence-electron chi connectivity index (χ3n) is 5.92. The van der Waals surface area contributed by atoms with E-state index in [0.717, 1.165) is 24.0 Å². The van der Waals surface area contributed by atoms with Gasteiger partial charge in [0.1, 0.15) is 12.2 Å². The van der Waals surface area contributed by atoms with Crippen molar-refractivity contribution in [1.29, 1.82) is 0 Å². The molecule has 29 heavy (non-hydrogen) atoms. The third-order valence-corrected chi connectivity index (χ3v) is 5.92. The summed E-state index contributed by atoms with van der Waals surface area (Å²) < 4.78 is 11.5. The van der Waals surface area contributed by atoms with Crippen LogP contribution < -0.4 is 0 Å². The number of carbonyl (C=O) groups excluding carboxylic acids is 2. The fourth-order valence-electron chi connectivity index (χ4n) is 4.18. The van der Waals surface area contributed by atoms with Gasteiger partial charge in [0.2, 0.25) is 0 Å². The SMILES string of the molecule is CC(OC(=O)C1CCCC(C)C1C(=O)OC(C)c1ccccc1)c1ccccc1. The van der Waals surface area contributed by atoms with Crippen molar-refractivity contribution in [3.8, 4) is 0 Å². The number of rotatable bonds is 6. The summed E-state index contributed by atoms with van der Waals surface area (Å²) in [4.78, 5) is 26.0. The molecule has 2 aromatic carbocycles. The van der Waals surface area contributed by atoms with Crippen LogP contribution in [-0.4, -0.2) is 11.9 Å². The molecule has 5 unspecified atom stereocenters.